The lowest BCUT2D eigenvalue weighted by Crippen LogP contribution is -2.52. The van der Waals surface area contributed by atoms with Crippen molar-refractivity contribution in [1.82, 2.24) is 4.90 Å². The number of nitrogens with zero attached hydrogens (tertiary/aromatic N) is 2. The molecular weight excluding hydrogens is 455 g/mol. The van der Waals surface area contributed by atoms with Crippen LogP contribution >= 0.6 is 0 Å². The molecule has 0 aromatic heterocycles. The zero-order chi connectivity index (χ0) is 24.8. The van der Waals surface area contributed by atoms with E-state index in [1.165, 1.54) is 17.0 Å². The van der Waals surface area contributed by atoms with Crippen molar-refractivity contribution in [3.8, 4) is 5.75 Å². The number of ether oxygens (including phenoxy) is 2. The third-order valence-electron chi connectivity index (χ3n) is 4.67. The molecule has 2 rings (SSSR count). The van der Waals surface area contributed by atoms with Crippen LogP contribution in [0.4, 0.5) is 33.3 Å². The molecule has 0 unspecified atom stereocenters. The van der Waals surface area contributed by atoms with Gasteiger partial charge in [-0.25, -0.2) is 0 Å². The van der Waals surface area contributed by atoms with Crippen LogP contribution in [0.3, 0.4) is 0 Å². The highest BCUT2D eigenvalue weighted by Gasteiger charge is 2.36. The minimum absolute atomic E-state index is 0.00457. The van der Waals surface area contributed by atoms with Crippen molar-refractivity contribution in [2.45, 2.75) is 32.7 Å². The van der Waals surface area contributed by atoms with Gasteiger partial charge in [-0.3, -0.25) is 14.5 Å². The number of rotatable bonds is 10. The van der Waals surface area contributed by atoms with Crippen LogP contribution in [0.15, 0.2) is 18.2 Å². The van der Waals surface area contributed by atoms with Gasteiger partial charge >= 0.3 is 12.8 Å². The van der Waals surface area contributed by atoms with Crippen molar-refractivity contribution in [2.75, 3.05) is 49.6 Å². The van der Waals surface area contributed by atoms with Gasteiger partial charge in [0.15, 0.2) is 5.75 Å². The summed E-state index contributed by atoms with van der Waals surface area (Å²) in [5.41, 5.74) is 5.65. The summed E-state index contributed by atoms with van der Waals surface area (Å²) in [5, 5.41) is 2.41. The number of hydrogen-bond acceptors (Lipinski definition) is 6. The van der Waals surface area contributed by atoms with E-state index < -0.39 is 43.7 Å². The number of amides is 2. The van der Waals surface area contributed by atoms with Crippen molar-refractivity contribution in [1.29, 1.82) is 0 Å². The average molecular weight is 482 g/mol. The van der Waals surface area contributed by atoms with Gasteiger partial charge in [0.25, 0.3) is 5.91 Å². The largest absolute Gasteiger partial charge is 0.433 e. The minimum atomic E-state index is -4.55. The molecule has 0 spiro atoms. The van der Waals surface area contributed by atoms with E-state index in [4.69, 9.17) is 10.5 Å². The molecule has 1 aliphatic heterocycles. The lowest BCUT2D eigenvalue weighted by atomic mass is 10.1. The molecule has 2 amide bonds. The van der Waals surface area contributed by atoms with E-state index in [0.29, 0.717) is 0 Å². The third kappa shape index (κ3) is 8.09. The number of carbonyl (C=O) groups excluding carboxylic acids is 2. The highest BCUT2D eigenvalue weighted by molar-refractivity contribution is 5.98. The topological polar surface area (TPSA) is 97.1 Å². The average Bonchev–Trinajstić information content (AvgIpc) is 2.67. The summed E-state index contributed by atoms with van der Waals surface area (Å²) in [7, 11) is 0. The van der Waals surface area contributed by atoms with E-state index in [9.17, 15) is 31.5 Å². The smallest absolute Gasteiger partial charge is 0.401 e. The molecular formula is C20H27F5N4O4. The summed E-state index contributed by atoms with van der Waals surface area (Å²) in [6, 6.07) is 2.40. The summed E-state index contributed by atoms with van der Waals surface area (Å²) in [5.74, 6) is -1.85. The molecule has 0 bridgehead atoms. The number of alkyl halides is 5. The zero-order valence-corrected chi connectivity index (χ0v) is 18.2. The van der Waals surface area contributed by atoms with Crippen LogP contribution in [0.1, 0.15) is 13.8 Å². The first kappa shape index (κ1) is 26.7. The number of morpholine rings is 1. The Morgan fingerprint density at radius 1 is 1.33 bits per heavy atom. The fourth-order valence-electron chi connectivity index (χ4n) is 3.43. The number of carbonyl (C=O) groups is 2. The molecule has 1 aromatic carbocycles. The monoisotopic (exact) mass is 482 g/mol. The van der Waals surface area contributed by atoms with Gasteiger partial charge in [0.2, 0.25) is 5.91 Å². The maximum Gasteiger partial charge on any atom is 0.401 e. The second-order valence-electron chi connectivity index (χ2n) is 7.84. The fraction of sp³-hybridized carbons (Fsp3) is 0.600. The molecule has 0 radical (unpaired) electrons. The van der Waals surface area contributed by atoms with Gasteiger partial charge < -0.3 is 25.4 Å². The zero-order valence-electron chi connectivity index (χ0n) is 18.2. The Labute approximate surface area is 187 Å². The third-order valence-corrected chi connectivity index (χ3v) is 4.67. The first-order valence-corrected chi connectivity index (χ1v) is 10.2. The number of nitrogens with one attached hydrogen (secondary N) is 1. The Balaban J connectivity index is 2.27. The molecule has 13 heteroatoms. The van der Waals surface area contributed by atoms with Crippen molar-refractivity contribution in [2.24, 2.45) is 11.7 Å². The van der Waals surface area contributed by atoms with E-state index in [2.05, 4.69) is 10.1 Å². The standard InChI is InChI=1S/C20H27F5N4O4/c1-12(2)9-28(11-20(23,24)25)15(8-26)18(31)27-13-3-4-14(16(7-13)33-19(21)22)29-5-6-32-10-17(29)30/h3-4,7,12,15,19H,5-6,8-11,26H2,1-2H3,(H,27,31)/t15-/m1/s1. The lowest BCUT2D eigenvalue weighted by molar-refractivity contribution is -0.154. The molecule has 0 aliphatic carbocycles. The number of halogens is 5. The summed E-state index contributed by atoms with van der Waals surface area (Å²) < 4.78 is 74.5. The minimum Gasteiger partial charge on any atom is -0.433 e. The molecule has 1 aromatic rings. The van der Waals surface area contributed by atoms with Crippen LogP contribution in [-0.2, 0) is 14.3 Å². The SMILES string of the molecule is CC(C)CN(CC(F)(F)F)[C@H](CN)C(=O)Nc1ccc(N2CCOCC2=O)c(OC(F)F)c1. The Kier molecular flexibility index (Phi) is 9.37. The Morgan fingerprint density at radius 3 is 2.58 bits per heavy atom. The van der Waals surface area contributed by atoms with Crippen molar-refractivity contribution >= 4 is 23.2 Å². The first-order valence-electron chi connectivity index (χ1n) is 10.2. The predicted octanol–water partition coefficient (Wildman–Crippen LogP) is 2.44. The van der Waals surface area contributed by atoms with Crippen molar-refractivity contribution < 1.29 is 41.0 Å². The van der Waals surface area contributed by atoms with Crippen LogP contribution < -0.4 is 20.7 Å². The van der Waals surface area contributed by atoms with Crippen LogP contribution in [0.5, 0.6) is 5.75 Å². The normalized spacial score (nSPS) is 16.0. The molecule has 1 fully saturated rings. The van der Waals surface area contributed by atoms with Crippen molar-refractivity contribution in [3.05, 3.63) is 18.2 Å². The summed E-state index contributed by atoms with van der Waals surface area (Å²) in [6.45, 7) is -1.49. The van der Waals surface area contributed by atoms with Gasteiger partial charge in [0.1, 0.15) is 12.6 Å². The van der Waals surface area contributed by atoms with E-state index in [1.54, 1.807) is 13.8 Å². The van der Waals surface area contributed by atoms with Crippen LogP contribution in [0.2, 0.25) is 0 Å². The van der Waals surface area contributed by atoms with Gasteiger partial charge in [-0.05, 0) is 18.1 Å². The van der Waals surface area contributed by atoms with E-state index in [1.807, 2.05) is 0 Å². The lowest BCUT2D eigenvalue weighted by Gasteiger charge is -2.32. The molecule has 8 nitrogen and oxygen atoms in total. The van der Waals surface area contributed by atoms with E-state index >= 15 is 0 Å². The van der Waals surface area contributed by atoms with Gasteiger partial charge in [-0.1, -0.05) is 13.8 Å². The molecule has 1 atom stereocenters. The Morgan fingerprint density at radius 2 is 2.03 bits per heavy atom. The molecule has 186 valence electrons. The molecule has 1 aliphatic rings. The fourth-order valence-corrected chi connectivity index (χ4v) is 3.43. The summed E-state index contributed by atoms with van der Waals surface area (Å²) >= 11 is 0. The molecule has 1 saturated heterocycles. The number of anilines is 2. The van der Waals surface area contributed by atoms with E-state index in [0.717, 1.165) is 11.0 Å². The van der Waals surface area contributed by atoms with Crippen LogP contribution in [-0.4, -0.2) is 74.9 Å². The van der Waals surface area contributed by atoms with Gasteiger partial charge in [0.05, 0.1) is 18.8 Å². The second-order valence-corrected chi connectivity index (χ2v) is 7.84. The van der Waals surface area contributed by atoms with E-state index in [-0.39, 0.29) is 49.3 Å². The molecule has 33 heavy (non-hydrogen) atoms. The highest BCUT2D eigenvalue weighted by atomic mass is 19.4. The summed E-state index contributed by atoms with van der Waals surface area (Å²) in [6.07, 6.45) is -4.55. The molecule has 3 N–H and O–H groups in total. The Bertz CT molecular complexity index is 822. The van der Waals surface area contributed by atoms with Crippen LogP contribution in [0, 0.1) is 5.92 Å². The first-order chi connectivity index (χ1) is 15.4. The molecule has 1 heterocycles. The van der Waals surface area contributed by atoms with Crippen molar-refractivity contribution in [3.63, 3.8) is 0 Å². The quantitative estimate of drug-likeness (QED) is 0.498. The number of hydrogen-bond donors (Lipinski definition) is 2. The second kappa shape index (κ2) is 11.6. The molecule has 0 saturated carbocycles. The van der Waals surface area contributed by atoms with Crippen LogP contribution in [0.25, 0.3) is 0 Å². The van der Waals surface area contributed by atoms with Gasteiger partial charge in [-0.2, -0.15) is 22.0 Å². The van der Waals surface area contributed by atoms with Gasteiger partial charge in [0, 0.05) is 31.4 Å². The predicted molar refractivity (Wildman–Crippen MR) is 110 cm³/mol. The number of nitrogens with two attached hydrogens (primary N) is 1. The maximum absolute atomic E-state index is 13.0. The highest BCUT2D eigenvalue weighted by Crippen LogP contribution is 2.34. The maximum atomic E-state index is 13.0. The number of benzene rings is 1. The Hall–Kier alpha value is -2.51. The van der Waals surface area contributed by atoms with Gasteiger partial charge in [-0.15, -0.1) is 0 Å². The summed E-state index contributed by atoms with van der Waals surface area (Å²) in [4.78, 5) is 27.0.